The zero-order chi connectivity index (χ0) is 9.68. The van der Waals surface area contributed by atoms with Crippen LogP contribution in [0.25, 0.3) is 0 Å². The van der Waals surface area contributed by atoms with Gasteiger partial charge < -0.3 is 10.6 Å². The van der Waals surface area contributed by atoms with E-state index in [2.05, 4.69) is 6.26 Å². The highest BCUT2D eigenvalue weighted by molar-refractivity contribution is 7.98. The average molecular weight is 202 g/mol. The molecule has 1 heterocycles. The van der Waals surface area contributed by atoms with Crippen LogP contribution >= 0.6 is 11.8 Å². The second-order valence-electron chi connectivity index (χ2n) is 3.44. The molecule has 3 nitrogen and oxygen atoms in total. The Morgan fingerprint density at radius 1 is 1.54 bits per heavy atom. The van der Waals surface area contributed by atoms with Crippen molar-refractivity contribution in [1.82, 2.24) is 4.90 Å². The molecule has 0 spiro atoms. The van der Waals surface area contributed by atoms with Crippen LogP contribution in [0.2, 0.25) is 0 Å². The average Bonchev–Trinajstić information content (AvgIpc) is 2.15. The highest BCUT2D eigenvalue weighted by Gasteiger charge is 2.32. The summed E-state index contributed by atoms with van der Waals surface area (Å²) in [5.41, 5.74) is 5.47. The second kappa shape index (κ2) is 5.50. The number of nitrogens with two attached hydrogens (primary N) is 1. The van der Waals surface area contributed by atoms with Gasteiger partial charge in [-0.3, -0.25) is 4.79 Å². The van der Waals surface area contributed by atoms with Gasteiger partial charge in [0.25, 0.3) is 0 Å². The smallest absolute Gasteiger partial charge is 0.241 e. The number of hydrogen-bond acceptors (Lipinski definition) is 3. The highest BCUT2D eigenvalue weighted by Crippen LogP contribution is 2.10. The van der Waals surface area contributed by atoms with E-state index in [0.29, 0.717) is 0 Å². The lowest BCUT2D eigenvalue weighted by Gasteiger charge is -2.36. The van der Waals surface area contributed by atoms with E-state index in [1.807, 2.05) is 16.7 Å². The largest absolute Gasteiger partial charge is 0.339 e. The van der Waals surface area contributed by atoms with Crippen molar-refractivity contribution in [2.75, 3.05) is 25.1 Å². The number of carbonyl (C=O) groups is 1. The zero-order valence-electron chi connectivity index (χ0n) is 8.16. The van der Waals surface area contributed by atoms with Gasteiger partial charge in [-0.25, -0.2) is 0 Å². The first-order valence-corrected chi connectivity index (χ1v) is 6.18. The third-order valence-corrected chi connectivity index (χ3v) is 3.02. The predicted molar refractivity (Wildman–Crippen MR) is 56.8 cm³/mol. The summed E-state index contributed by atoms with van der Waals surface area (Å²) >= 11 is 1.88. The van der Waals surface area contributed by atoms with Crippen LogP contribution in [0, 0.1) is 0 Å². The molecule has 0 saturated carbocycles. The number of β-lactam (4-membered cyclic amide) rings is 1. The molecule has 1 atom stereocenters. The maximum atomic E-state index is 11.1. The van der Waals surface area contributed by atoms with Crippen LogP contribution in [0.1, 0.15) is 19.3 Å². The molecular weight excluding hydrogens is 184 g/mol. The van der Waals surface area contributed by atoms with E-state index in [0.717, 1.165) is 19.5 Å². The first-order valence-electron chi connectivity index (χ1n) is 4.79. The molecule has 13 heavy (non-hydrogen) atoms. The molecular formula is C9H18N2OS. The Hall–Kier alpha value is -0.220. The number of rotatable bonds is 6. The van der Waals surface area contributed by atoms with Crippen molar-refractivity contribution in [3.05, 3.63) is 0 Å². The summed E-state index contributed by atoms with van der Waals surface area (Å²) in [6.45, 7) is 1.67. The van der Waals surface area contributed by atoms with Crippen molar-refractivity contribution >= 4 is 17.7 Å². The van der Waals surface area contributed by atoms with Crippen molar-refractivity contribution in [1.29, 1.82) is 0 Å². The molecule has 76 valence electrons. The summed E-state index contributed by atoms with van der Waals surface area (Å²) in [6.07, 6.45) is 5.73. The molecule has 0 aromatic heterocycles. The van der Waals surface area contributed by atoms with Crippen LogP contribution in [-0.2, 0) is 4.79 Å². The van der Waals surface area contributed by atoms with Gasteiger partial charge in [0.2, 0.25) is 5.91 Å². The van der Waals surface area contributed by atoms with Gasteiger partial charge in [0, 0.05) is 13.1 Å². The van der Waals surface area contributed by atoms with Gasteiger partial charge in [-0.15, -0.1) is 0 Å². The number of unbranched alkanes of at least 4 members (excludes halogenated alkanes) is 2. The fraction of sp³-hybridized carbons (Fsp3) is 0.889. The lowest BCUT2D eigenvalue weighted by Crippen LogP contribution is -2.60. The van der Waals surface area contributed by atoms with E-state index in [1.54, 1.807) is 0 Å². The van der Waals surface area contributed by atoms with Crippen molar-refractivity contribution in [3.8, 4) is 0 Å². The van der Waals surface area contributed by atoms with Gasteiger partial charge in [-0.1, -0.05) is 6.42 Å². The third-order valence-electron chi connectivity index (χ3n) is 2.32. The maximum Gasteiger partial charge on any atom is 0.241 e. The number of likely N-dealkylation sites (tertiary alicyclic amines) is 1. The minimum Gasteiger partial charge on any atom is -0.339 e. The molecule has 2 N–H and O–H groups in total. The van der Waals surface area contributed by atoms with Gasteiger partial charge in [-0.2, -0.15) is 11.8 Å². The topological polar surface area (TPSA) is 46.3 Å². The molecule has 1 aliphatic rings. The molecule has 1 rings (SSSR count). The van der Waals surface area contributed by atoms with Crippen LogP contribution in [0.3, 0.4) is 0 Å². The van der Waals surface area contributed by atoms with Crippen LogP contribution in [0.4, 0.5) is 0 Å². The molecule has 0 aromatic carbocycles. The summed E-state index contributed by atoms with van der Waals surface area (Å²) in [6, 6.07) is -0.203. The number of amides is 1. The SMILES string of the molecule is CSCCCCCN1CC(N)C1=O. The quantitative estimate of drug-likeness (QED) is 0.509. The summed E-state index contributed by atoms with van der Waals surface area (Å²) in [4.78, 5) is 12.9. The number of hydrogen-bond donors (Lipinski definition) is 1. The molecule has 0 bridgehead atoms. The van der Waals surface area contributed by atoms with E-state index < -0.39 is 0 Å². The van der Waals surface area contributed by atoms with Crippen LogP contribution in [0.15, 0.2) is 0 Å². The summed E-state index contributed by atoms with van der Waals surface area (Å²) in [5.74, 6) is 1.36. The molecule has 1 saturated heterocycles. The summed E-state index contributed by atoms with van der Waals surface area (Å²) < 4.78 is 0. The lowest BCUT2D eigenvalue weighted by atomic mass is 10.1. The summed E-state index contributed by atoms with van der Waals surface area (Å²) in [7, 11) is 0. The minimum absolute atomic E-state index is 0.130. The van der Waals surface area contributed by atoms with Gasteiger partial charge in [0.05, 0.1) is 0 Å². The molecule has 1 unspecified atom stereocenters. The van der Waals surface area contributed by atoms with E-state index in [4.69, 9.17) is 5.73 Å². The highest BCUT2D eigenvalue weighted by atomic mass is 32.2. The number of thioether (sulfide) groups is 1. The molecule has 4 heteroatoms. The van der Waals surface area contributed by atoms with Crippen LogP contribution in [-0.4, -0.2) is 41.9 Å². The van der Waals surface area contributed by atoms with Crippen LogP contribution < -0.4 is 5.73 Å². The fourth-order valence-electron chi connectivity index (χ4n) is 1.45. The normalized spacial score (nSPS) is 21.8. The van der Waals surface area contributed by atoms with Gasteiger partial charge in [0.1, 0.15) is 6.04 Å². The van der Waals surface area contributed by atoms with E-state index in [1.165, 1.54) is 18.6 Å². The third kappa shape index (κ3) is 3.19. The Morgan fingerprint density at radius 3 is 2.85 bits per heavy atom. The van der Waals surface area contributed by atoms with Gasteiger partial charge >= 0.3 is 0 Å². The van der Waals surface area contributed by atoms with Gasteiger partial charge in [0.15, 0.2) is 0 Å². The van der Waals surface area contributed by atoms with Crippen molar-refractivity contribution in [3.63, 3.8) is 0 Å². The first-order chi connectivity index (χ1) is 6.25. The van der Waals surface area contributed by atoms with Gasteiger partial charge in [-0.05, 0) is 24.9 Å². The molecule has 1 amide bonds. The Morgan fingerprint density at radius 2 is 2.31 bits per heavy atom. The number of nitrogens with zero attached hydrogens (tertiary/aromatic N) is 1. The van der Waals surface area contributed by atoms with E-state index in [-0.39, 0.29) is 11.9 Å². The Kier molecular flexibility index (Phi) is 4.59. The lowest BCUT2D eigenvalue weighted by molar-refractivity contribution is -0.142. The fourth-order valence-corrected chi connectivity index (χ4v) is 1.95. The molecule has 0 aliphatic carbocycles. The molecule has 0 radical (unpaired) electrons. The Balaban J connectivity index is 1.92. The molecule has 1 fully saturated rings. The second-order valence-corrected chi connectivity index (χ2v) is 4.43. The monoisotopic (exact) mass is 202 g/mol. The standard InChI is InChI=1S/C9H18N2OS/c1-13-6-4-2-3-5-11-7-8(10)9(11)12/h8H,2-7,10H2,1H3. The summed E-state index contributed by atoms with van der Waals surface area (Å²) in [5, 5.41) is 0. The Bertz CT molecular complexity index is 175. The molecule has 1 aliphatic heterocycles. The van der Waals surface area contributed by atoms with Crippen molar-refractivity contribution in [2.45, 2.75) is 25.3 Å². The number of carbonyl (C=O) groups excluding carboxylic acids is 1. The first kappa shape index (κ1) is 10.9. The van der Waals surface area contributed by atoms with Crippen LogP contribution in [0.5, 0.6) is 0 Å². The zero-order valence-corrected chi connectivity index (χ0v) is 8.98. The Labute approximate surface area is 84.0 Å². The minimum atomic E-state index is -0.203. The van der Waals surface area contributed by atoms with Crippen molar-refractivity contribution in [2.24, 2.45) is 5.73 Å². The van der Waals surface area contributed by atoms with Crippen molar-refractivity contribution < 1.29 is 4.79 Å². The maximum absolute atomic E-state index is 11.1. The van der Waals surface area contributed by atoms with E-state index >= 15 is 0 Å². The molecule has 0 aromatic rings. The van der Waals surface area contributed by atoms with E-state index in [9.17, 15) is 4.79 Å². The predicted octanol–water partition coefficient (Wildman–Crippen LogP) is 0.689.